The Kier molecular flexibility index (Phi) is 4.87. The number of anilines is 1. The van der Waals surface area contributed by atoms with E-state index in [1.807, 2.05) is 13.8 Å². The number of amides is 1. The highest BCUT2D eigenvalue weighted by Gasteiger charge is 2.14. The van der Waals surface area contributed by atoms with E-state index in [0.717, 1.165) is 10.4 Å². The summed E-state index contributed by atoms with van der Waals surface area (Å²) in [5.74, 6) is -1.09. The molecule has 0 aliphatic carbocycles. The van der Waals surface area contributed by atoms with Gasteiger partial charge in [0.05, 0.1) is 22.4 Å². The van der Waals surface area contributed by atoms with Gasteiger partial charge in [0, 0.05) is 17.8 Å². The lowest BCUT2D eigenvalue weighted by Gasteiger charge is -2.08. The molecular weight excluding hydrogens is 365 g/mol. The summed E-state index contributed by atoms with van der Waals surface area (Å²) in [6.07, 6.45) is 1.45. The van der Waals surface area contributed by atoms with Gasteiger partial charge in [0.25, 0.3) is 5.56 Å². The van der Waals surface area contributed by atoms with Crippen LogP contribution in [0.4, 0.5) is 10.1 Å². The van der Waals surface area contributed by atoms with E-state index in [4.69, 9.17) is 11.6 Å². The van der Waals surface area contributed by atoms with Crippen LogP contribution in [0.2, 0.25) is 5.02 Å². The van der Waals surface area contributed by atoms with Gasteiger partial charge in [-0.25, -0.2) is 9.37 Å². The zero-order valence-corrected chi connectivity index (χ0v) is 15.2. The third kappa shape index (κ3) is 3.43. The fraction of sp³-hybridized carbons (Fsp3) is 0.235. The van der Waals surface area contributed by atoms with Crippen molar-refractivity contribution in [3.63, 3.8) is 0 Å². The zero-order chi connectivity index (χ0) is 18.1. The summed E-state index contributed by atoms with van der Waals surface area (Å²) < 4.78 is 15.2. The first-order chi connectivity index (χ1) is 11.9. The fourth-order valence-electron chi connectivity index (χ4n) is 2.46. The Balaban J connectivity index is 1.75. The summed E-state index contributed by atoms with van der Waals surface area (Å²) in [4.78, 5) is 30.6. The highest BCUT2D eigenvalue weighted by Crippen LogP contribution is 2.25. The van der Waals surface area contributed by atoms with Gasteiger partial charge >= 0.3 is 0 Å². The van der Waals surface area contributed by atoms with Crippen molar-refractivity contribution in [2.24, 2.45) is 0 Å². The van der Waals surface area contributed by atoms with E-state index >= 15 is 0 Å². The van der Waals surface area contributed by atoms with Gasteiger partial charge in [-0.15, -0.1) is 11.3 Å². The molecule has 8 heteroatoms. The van der Waals surface area contributed by atoms with E-state index in [9.17, 15) is 14.0 Å². The lowest BCUT2D eigenvalue weighted by Crippen LogP contribution is -2.23. The van der Waals surface area contributed by atoms with E-state index in [2.05, 4.69) is 10.3 Å². The molecule has 3 aromatic rings. The minimum Gasteiger partial charge on any atom is -0.323 e. The van der Waals surface area contributed by atoms with Crippen molar-refractivity contribution in [1.29, 1.82) is 0 Å². The Bertz CT molecular complexity index is 1030. The number of hydrogen-bond acceptors (Lipinski definition) is 4. The van der Waals surface area contributed by atoms with Gasteiger partial charge in [0.2, 0.25) is 5.91 Å². The SMILES string of the molecule is Cc1sc2ncn(CCC(=O)Nc3cccc(Cl)c3F)c(=O)c2c1C. The summed E-state index contributed by atoms with van der Waals surface area (Å²) in [7, 11) is 0. The molecule has 1 N–H and O–H groups in total. The molecule has 5 nitrogen and oxygen atoms in total. The van der Waals surface area contributed by atoms with Crippen LogP contribution in [0.15, 0.2) is 29.3 Å². The summed E-state index contributed by atoms with van der Waals surface area (Å²) in [6, 6.07) is 4.37. The number of nitrogens with zero attached hydrogens (tertiary/aromatic N) is 2. The van der Waals surface area contributed by atoms with E-state index in [0.29, 0.717) is 10.2 Å². The molecule has 0 radical (unpaired) electrons. The van der Waals surface area contributed by atoms with E-state index < -0.39 is 11.7 Å². The molecule has 3 rings (SSSR count). The number of carbonyl (C=O) groups excluding carboxylic acids is 1. The van der Waals surface area contributed by atoms with Crippen molar-refractivity contribution >= 4 is 44.7 Å². The largest absolute Gasteiger partial charge is 0.323 e. The first-order valence-electron chi connectivity index (χ1n) is 7.57. The number of nitrogens with one attached hydrogen (secondary N) is 1. The molecule has 0 aliphatic rings. The van der Waals surface area contributed by atoms with Crippen molar-refractivity contribution in [3.05, 3.63) is 56.2 Å². The van der Waals surface area contributed by atoms with Crippen LogP contribution >= 0.6 is 22.9 Å². The van der Waals surface area contributed by atoms with Crippen LogP contribution in [-0.4, -0.2) is 15.5 Å². The molecule has 0 saturated heterocycles. The molecule has 0 spiro atoms. The van der Waals surface area contributed by atoms with E-state index in [-0.39, 0.29) is 29.2 Å². The third-order valence-electron chi connectivity index (χ3n) is 3.96. The van der Waals surface area contributed by atoms with Gasteiger partial charge in [0.1, 0.15) is 4.83 Å². The van der Waals surface area contributed by atoms with Crippen LogP contribution in [-0.2, 0) is 11.3 Å². The van der Waals surface area contributed by atoms with Gasteiger partial charge in [-0.2, -0.15) is 0 Å². The van der Waals surface area contributed by atoms with Crippen molar-refractivity contribution in [3.8, 4) is 0 Å². The molecule has 0 bridgehead atoms. The number of carbonyl (C=O) groups is 1. The number of aryl methyl sites for hydroxylation is 3. The number of benzene rings is 1. The van der Waals surface area contributed by atoms with Gasteiger partial charge < -0.3 is 5.32 Å². The molecule has 2 heterocycles. The molecule has 0 unspecified atom stereocenters. The predicted molar refractivity (Wildman–Crippen MR) is 98.0 cm³/mol. The first kappa shape index (κ1) is 17.6. The smallest absolute Gasteiger partial charge is 0.262 e. The highest BCUT2D eigenvalue weighted by atomic mass is 35.5. The molecule has 2 aromatic heterocycles. The molecule has 0 aliphatic heterocycles. The fourth-order valence-corrected chi connectivity index (χ4v) is 3.63. The lowest BCUT2D eigenvalue weighted by atomic mass is 10.2. The van der Waals surface area contributed by atoms with Gasteiger partial charge in [-0.1, -0.05) is 17.7 Å². The highest BCUT2D eigenvalue weighted by molar-refractivity contribution is 7.18. The topological polar surface area (TPSA) is 64.0 Å². The van der Waals surface area contributed by atoms with Crippen molar-refractivity contribution in [2.45, 2.75) is 26.8 Å². The summed E-state index contributed by atoms with van der Waals surface area (Å²) in [5, 5.41) is 2.99. The Morgan fingerprint density at radius 1 is 1.40 bits per heavy atom. The second-order valence-electron chi connectivity index (χ2n) is 5.61. The lowest BCUT2D eigenvalue weighted by molar-refractivity contribution is -0.116. The standard InChI is InChI=1S/C17H15ClFN3O2S/c1-9-10(2)25-16-14(9)17(24)22(8-20-16)7-6-13(23)21-12-5-3-4-11(18)15(12)19/h3-5,8H,6-7H2,1-2H3,(H,21,23). The maximum absolute atomic E-state index is 13.8. The third-order valence-corrected chi connectivity index (χ3v) is 5.37. The van der Waals surface area contributed by atoms with Gasteiger partial charge in [-0.3, -0.25) is 14.2 Å². The van der Waals surface area contributed by atoms with Crippen molar-refractivity contribution < 1.29 is 9.18 Å². The molecule has 130 valence electrons. The molecule has 25 heavy (non-hydrogen) atoms. The maximum atomic E-state index is 13.8. The molecule has 1 amide bonds. The van der Waals surface area contributed by atoms with Crippen LogP contribution in [0.3, 0.4) is 0 Å². The summed E-state index contributed by atoms with van der Waals surface area (Å²) in [6.45, 7) is 3.98. The van der Waals surface area contributed by atoms with Crippen LogP contribution in [0, 0.1) is 19.7 Å². The summed E-state index contributed by atoms with van der Waals surface area (Å²) in [5.41, 5.74) is 0.758. The molecule has 0 saturated carbocycles. The molecule has 0 atom stereocenters. The van der Waals surface area contributed by atoms with Crippen LogP contribution in [0.5, 0.6) is 0 Å². The van der Waals surface area contributed by atoms with Crippen LogP contribution < -0.4 is 10.9 Å². The molecule has 0 fully saturated rings. The van der Waals surface area contributed by atoms with E-state index in [1.54, 1.807) is 6.07 Å². The van der Waals surface area contributed by atoms with Crippen LogP contribution in [0.25, 0.3) is 10.2 Å². The van der Waals surface area contributed by atoms with Gasteiger partial charge in [-0.05, 0) is 31.5 Å². The molecular formula is C17H15ClFN3O2S. The number of halogens is 2. The minimum atomic E-state index is -0.679. The Morgan fingerprint density at radius 3 is 2.92 bits per heavy atom. The summed E-state index contributed by atoms with van der Waals surface area (Å²) >= 11 is 7.16. The second-order valence-corrected chi connectivity index (χ2v) is 7.22. The normalized spacial score (nSPS) is 11.0. The number of hydrogen-bond donors (Lipinski definition) is 1. The maximum Gasteiger partial charge on any atom is 0.262 e. The Hall–Kier alpha value is -2.25. The van der Waals surface area contributed by atoms with Crippen molar-refractivity contribution in [2.75, 3.05) is 5.32 Å². The Morgan fingerprint density at radius 2 is 2.16 bits per heavy atom. The zero-order valence-electron chi connectivity index (χ0n) is 13.6. The monoisotopic (exact) mass is 379 g/mol. The van der Waals surface area contributed by atoms with Crippen molar-refractivity contribution in [1.82, 2.24) is 9.55 Å². The molecule has 1 aromatic carbocycles. The second kappa shape index (κ2) is 6.93. The van der Waals surface area contributed by atoms with Crippen LogP contribution in [0.1, 0.15) is 16.9 Å². The van der Waals surface area contributed by atoms with Gasteiger partial charge in [0.15, 0.2) is 5.82 Å². The predicted octanol–water partition coefficient (Wildman–Crippen LogP) is 3.90. The number of rotatable bonds is 4. The minimum absolute atomic E-state index is 0.0151. The average Bonchev–Trinajstić information content (AvgIpc) is 2.86. The number of aromatic nitrogens is 2. The number of fused-ring (bicyclic) bond motifs is 1. The first-order valence-corrected chi connectivity index (χ1v) is 8.77. The van der Waals surface area contributed by atoms with E-state index in [1.165, 1.54) is 34.4 Å². The average molecular weight is 380 g/mol. The Labute approximate surface area is 152 Å². The number of thiophene rings is 1. The quantitative estimate of drug-likeness (QED) is 0.747.